The van der Waals surface area contributed by atoms with Crippen LogP contribution in [0.25, 0.3) is 0 Å². The van der Waals surface area contributed by atoms with Crippen LogP contribution in [0.4, 0.5) is 5.69 Å². The molecule has 1 aliphatic carbocycles. The number of amides is 1. The summed E-state index contributed by atoms with van der Waals surface area (Å²) in [5.74, 6) is 0.0493. The number of aryl methyl sites for hydroxylation is 1. The molecular formula is C19H22N2O. The second-order valence-corrected chi connectivity index (χ2v) is 5.82. The Bertz CT molecular complexity index is 618. The highest BCUT2D eigenvalue weighted by Crippen LogP contribution is 2.24. The first kappa shape index (κ1) is 14.6. The monoisotopic (exact) mass is 294 g/mol. The third-order valence-corrected chi connectivity index (χ3v) is 3.99. The third kappa shape index (κ3) is 3.67. The van der Waals surface area contributed by atoms with Crippen LogP contribution in [0.2, 0.25) is 0 Å². The van der Waals surface area contributed by atoms with Crippen molar-refractivity contribution in [2.75, 3.05) is 5.32 Å². The molecular weight excluding hydrogens is 272 g/mol. The second kappa shape index (κ2) is 6.65. The summed E-state index contributed by atoms with van der Waals surface area (Å²) in [5, 5.41) is 6.46. The van der Waals surface area contributed by atoms with Gasteiger partial charge in [-0.1, -0.05) is 49.4 Å². The summed E-state index contributed by atoms with van der Waals surface area (Å²) in [7, 11) is 0. The quantitative estimate of drug-likeness (QED) is 0.853. The lowest BCUT2D eigenvalue weighted by Gasteiger charge is -2.20. The molecule has 0 saturated heterocycles. The Hall–Kier alpha value is -2.29. The van der Waals surface area contributed by atoms with E-state index in [2.05, 4.69) is 29.7 Å². The molecule has 22 heavy (non-hydrogen) atoms. The van der Waals surface area contributed by atoms with Crippen LogP contribution in [0.15, 0.2) is 54.6 Å². The zero-order valence-corrected chi connectivity index (χ0v) is 12.9. The molecule has 1 fully saturated rings. The number of carbonyl (C=O) groups excluding carboxylic acids is 1. The van der Waals surface area contributed by atoms with E-state index in [1.54, 1.807) is 0 Å². The molecule has 1 aliphatic rings. The Morgan fingerprint density at radius 3 is 2.36 bits per heavy atom. The molecule has 114 valence electrons. The lowest BCUT2D eigenvalue weighted by atomic mass is 10.1. The van der Waals surface area contributed by atoms with Gasteiger partial charge in [-0.3, -0.25) is 4.79 Å². The zero-order chi connectivity index (χ0) is 15.4. The first-order chi connectivity index (χ1) is 10.8. The number of carbonyl (C=O) groups is 1. The number of hydrogen-bond acceptors (Lipinski definition) is 2. The largest absolute Gasteiger partial charge is 0.370 e. The Morgan fingerprint density at radius 1 is 1.09 bits per heavy atom. The summed E-state index contributed by atoms with van der Waals surface area (Å²) in [6.07, 6.45) is 3.21. The molecule has 2 aromatic rings. The van der Waals surface area contributed by atoms with Crippen LogP contribution in [-0.2, 0) is 11.2 Å². The molecule has 0 spiro atoms. The van der Waals surface area contributed by atoms with E-state index in [1.165, 1.54) is 5.56 Å². The summed E-state index contributed by atoms with van der Waals surface area (Å²) in [6.45, 7) is 2.14. The number of anilines is 1. The lowest BCUT2D eigenvalue weighted by Crippen LogP contribution is -2.34. The molecule has 0 radical (unpaired) electrons. The van der Waals surface area contributed by atoms with Crippen LogP contribution in [0, 0.1) is 0 Å². The van der Waals surface area contributed by atoms with Gasteiger partial charge in [0.05, 0.1) is 0 Å². The van der Waals surface area contributed by atoms with Gasteiger partial charge >= 0.3 is 0 Å². The molecule has 2 N–H and O–H groups in total. The van der Waals surface area contributed by atoms with Crippen LogP contribution in [-0.4, -0.2) is 11.9 Å². The van der Waals surface area contributed by atoms with E-state index >= 15 is 0 Å². The van der Waals surface area contributed by atoms with Crippen molar-refractivity contribution in [2.24, 2.45) is 0 Å². The standard InChI is InChI=1S/C19H22N2O/c1-2-14-8-10-16(11-9-14)20-18(15-6-4-3-5-7-15)19(22)21-17-12-13-17/h3-11,17-18,20H,2,12-13H2,1H3,(H,21,22)/t18-/m1/s1. The Balaban J connectivity index is 1.79. The van der Waals surface area contributed by atoms with Crippen LogP contribution >= 0.6 is 0 Å². The number of hydrogen-bond donors (Lipinski definition) is 2. The molecule has 0 heterocycles. The average Bonchev–Trinajstić information content (AvgIpc) is 3.38. The number of benzene rings is 2. The van der Waals surface area contributed by atoms with Gasteiger partial charge in [0.1, 0.15) is 6.04 Å². The van der Waals surface area contributed by atoms with Crippen molar-refractivity contribution in [3.63, 3.8) is 0 Å². The Kier molecular flexibility index (Phi) is 4.42. The van der Waals surface area contributed by atoms with Crippen molar-refractivity contribution < 1.29 is 4.79 Å². The van der Waals surface area contributed by atoms with Crippen molar-refractivity contribution in [1.82, 2.24) is 5.32 Å². The van der Waals surface area contributed by atoms with Gasteiger partial charge in [0.25, 0.3) is 0 Å². The molecule has 1 atom stereocenters. The van der Waals surface area contributed by atoms with E-state index < -0.39 is 0 Å². The Labute approximate surface area is 131 Å². The highest BCUT2D eigenvalue weighted by Gasteiger charge is 2.28. The predicted octanol–water partition coefficient (Wildman–Crippen LogP) is 3.68. The van der Waals surface area contributed by atoms with Crippen molar-refractivity contribution in [3.05, 3.63) is 65.7 Å². The normalized spacial score (nSPS) is 15.1. The summed E-state index contributed by atoms with van der Waals surface area (Å²) in [4.78, 5) is 12.5. The molecule has 0 unspecified atom stereocenters. The molecule has 1 saturated carbocycles. The van der Waals surface area contributed by atoms with E-state index in [-0.39, 0.29) is 11.9 Å². The lowest BCUT2D eigenvalue weighted by molar-refractivity contribution is -0.122. The van der Waals surface area contributed by atoms with E-state index in [1.807, 2.05) is 42.5 Å². The fraction of sp³-hybridized carbons (Fsp3) is 0.316. The maximum absolute atomic E-state index is 12.5. The SMILES string of the molecule is CCc1ccc(N[C@@H](C(=O)NC2CC2)c2ccccc2)cc1. The van der Waals surface area contributed by atoms with Crippen LogP contribution in [0.1, 0.15) is 36.9 Å². The Morgan fingerprint density at radius 2 is 1.77 bits per heavy atom. The fourth-order valence-corrected chi connectivity index (χ4v) is 2.46. The molecule has 2 aromatic carbocycles. The molecule has 0 aromatic heterocycles. The minimum absolute atomic E-state index is 0.0493. The van der Waals surface area contributed by atoms with E-state index in [0.29, 0.717) is 6.04 Å². The van der Waals surface area contributed by atoms with Gasteiger partial charge in [-0.05, 0) is 42.5 Å². The summed E-state index contributed by atoms with van der Waals surface area (Å²) >= 11 is 0. The maximum Gasteiger partial charge on any atom is 0.247 e. The molecule has 0 aliphatic heterocycles. The highest BCUT2D eigenvalue weighted by molar-refractivity contribution is 5.86. The van der Waals surface area contributed by atoms with Gasteiger partial charge in [0.2, 0.25) is 5.91 Å². The molecule has 0 bridgehead atoms. The molecule has 3 heteroatoms. The zero-order valence-electron chi connectivity index (χ0n) is 12.9. The molecule has 3 rings (SSSR count). The van der Waals surface area contributed by atoms with E-state index in [9.17, 15) is 4.79 Å². The maximum atomic E-state index is 12.5. The van der Waals surface area contributed by atoms with Crippen molar-refractivity contribution >= 4 is 11.6 Å². The number of rotatable bonds is 6. The molecule has 3 nitrogen and oxygen atoms in total. The minimum atomic E-state index is -0.353. The summed E-state index contributed by atoms with van der Waals surface area (Å²) < 4.78 is 0. The van der Waals surface area contributed by atoms with Crippen LogP contribution in [0.3, 0.4) is 0 Å². The molecule has 1 amide bonds. The van der Waals surface area contributed by atoms with Gasteiger partial charge in [0.15, 0.2) is 0 Å². The predicted molar refractivity (Wildman–Crippen MR) is 89.8 cm³/mol. The van der Waals surface area contributed by atoms with E-state index in [4.69, 9.17) is 0 Å². The van der Waals surface area contributed by atoms with Gasteiger partial charge in [0, 0.05) is 11.7 Å². The van der Waals surface area contributed by atoms with Crippen LogP contribution < -0.4 is 10.6 Å². The van der Waals surface area contributed by atoms with Gasteiger partial charge in [-0.2, -0.15) is 0 Å². The summed E-state index contributed by atoms with van der Waals surface area (Å²) in [6, 6.07) is 18.2. The second-order valence-electron chi connectivity index (χ2n) is 5.82. The van der Waals surface area contributed by atoms with Crippen molar-refractivity contribution in [1.29, 1.82) is 0 Å². The topological polar surface area (TPSA) is 41.1 Å². The smallest absolute Gasteiger partial charge is 0.247 e. The minimum Gasteiger partial charge on any atom is -0.370 e. The van der Waals surface area contributed by atoms with Crippen molar-refractivity contribution in [2.45, 2.75) is 38.3 Å². The van der Waals surface area contributed by atoms with E-state index in [0.717, 1.165) is 30.5 Å². The van der Waals surface area contributed by atoms with Gasteiger partial charge in [-0.25, -0.2) is 0 Å². The fourth-order valence-electron chi connectivity index (χ4n) is 2.46. The number of nitrogens with one attached hydrogen (secondary N) is 2. The van der Waals surface area contributed by atoms with Crippen LogP contribution in [0.5, 0.6) is 0 Å². The van der Waals surface area contributed by atoms with Crippen molar-refractivity contribution in [3.8, 4) is 0 Å². The average molecular weight is 294 g/mol. The van der Waals surface area contributed by atoms with Gasteiger partial charge < -0.3 is 10.6 Å². The summed E-state index contributed by atoms with van der Waals surface area (Å²) in [5.41, 5.74) is 3.25. The first-order valence-electron chi connectivity index (χ1n) is 7.97. The third-order valence-electron chi connectivity index (χ3n) is 3.99. The first-order valence-corrected chi connectivity index (χ1v) is 7.97. The highest BCUT2D eigenvalue weighted by atomic mass is 16.2. The van der Waals surface area contributed by atoms with Gasteiger partial charge in [-0.15, -0.1) is 0 Å².